The largest absolute Gasteiger partial charge is 0.347 e. The Morgan fingerprint density at radius 2 is 2.19 bits per heavy atom. The minimum Gasteiger partial charge on any atom is -0.347 e. The van der Waals surface area contributed by atoms with Crippen molar-refractivity contribution in [2.75, 3.05) is 0 Å². The van der Waals surface area contributed by atoms with Gasteiger partial charge >= 0.3 is 0 Å². The van der Waals surface area contributed by atoms with Gasteiger partial charge in [0.25, 0.3) is 5.91 Å². The smallest absolute Gasteiger partial charge is 0.280 e. The van der Waals surface area contributed by atoms with Crippen molar-refractivity contribution in [1.82, 2.24) is 10.3 Å². The molecule has 4 nitrogen and oxygen atoms in total. The van der Waals surface area contributed by atoms with Crippen molar-refractivity contribution in [2.24, 2.45) is 5.73 Å². The van der Waals surface area contributed by atoms with Gasteiger partial charge in [0.2, 0.25) is 0 Å². The number of carbonyl (C=O) groups is 1. The molecule has 1 fully saturated rings. The molecule has 16 heavy (non-hydrogen) atoms. The number of nitrogens with one attached hydrogen (secondary N) is 1. The second kappa shape index (κ2) is 4.93. The lowest BCUT2D eigenvalue weighted by atomic mass is 9.92. The maximum atomic E-state index is 11.8. The lowest BCUT2D eigenvalue weighted by molar-refractivity contribution is 0.0925. The molecule has 88 valence electrons. The molecule has 3 N–H and O–H groups in total. The van der Waals surface area contributed by atoms with E-state index >= 15 is 0 Å². The quantitative estimate of drug-likeness (QED) is 0.821. The van der Waals surface area contributed by atoms with Gasteiger partial charge < -0.3 is 11.1 Å². The number of hydrogen-bond donors (Lipinski definition) is 2. The topological polar surface area (TPSA) is 68.0 Å². The van der Waals surface area contributed by atoms with Crippen LogP contribution < -0.4 is 11.1 Å². The van der Waals surface area contributed by atoms with Crippen molar-refractivity contribution in [2.45, 2.75) is 44.7 Å². The van der Waals surface area contributed by atoms with Gasteiger partial charge in [-0.3, -0.25) is 4.79 Å². The number of carbonyl (C=O) groups excluding carboxylic acids is 1. The average Bonchev–Trinajstić information content (AvgIpc) is 2.68. The standard InChI is InChI=1S/C11H17N3OS/c1-7-6-13-11(16-7)10(15)14-9-4-2-8(12)3-5-9/h6,8-9H,2-5,12H2,1H3,(H,14,15). The molecule has 0 radical (unpaired) electrons. The number of amides is 1. The molecule has 0 bridgehead atoms. The summed E-state index contributed by atoms with van der Waals surface area (Å²) in [5.74, 6) is -0.0430. The van der Waals surface area contributed by atoms with E-state index in [9.17, 15) is 4.79 Å². The highest BCUT2D eigenvalue weighted by Crippen LogP contribution is 2.18. The van der Waals surface area contributed by atoms with Crippen molar-refractivity contribution >= 4 is 17.2 Å². The van der Waals surface area contributed by atoms with Gasteiger partial charge in [-0.05, 0) is 32.6 Å². The first-order chi connectivity index (χ1) is 7.65. The van der Waals surface area contributed by atoms with Crippen LogP contribution in [0.25, 0.3) is 0 Å². The van der Waals surface area contributed by atoms with Crippen LogP contribution in [0.15, 0.2) is 6.20 Å². The second-order valence-electron chi connectivity index (χ2n) is 4.36. The minimum atomic E-state index is -0.0430. The Balaban J connectivity index is 1.88. The number of hydrogen-bond acceptors (Lipinski definition) is 4. The highest BCUT2D eigenvalue weighted by molar-refractivity contribution is 7.13. The lowest BCUT2D eigenvalue weighted by Crippen LogP contribution is -2.40. The molecule has 1 aliphatic rings. The van der Waals surface area contributed by atoms with E-state index in [4.69, 9.17) is 5.73 Å². The van der Waals surface area contributed by atoms with Crippen LogP contribution in [0.2, 0.25) is 0 Å². The van der Waals surface area contributed by atoms with E-state index in [0.29, 0.717) is 11.0 Å². The molecule has 1 amide bonds. The summed E-state index contributed by atoms with van der Waals surface area (Å²) in [4.78, 5) is 17.0. The third-order valence-corrected chi connectivity index (χ3v) is 3.83. The number of nitrogens with two attached hydrogens (primary N) is 1. The van der Waals surface area contributed by atoms with Gasteiger partial charge in [0, 0.05) is 23.2 Å². The number of nitrogens with zero attached hydrogens (tertiary/aromatic N) is 1. The fourth-order valence-corrected chi connectivity index (χ4v) is 2.64. The SMILES string of the molecule is Cc1cnc(C(=O)NC2CCC(N)CC2)s1. The summed E-state index contributed by atoms with van der Waals surface area (Å²) in [5, 5.41) is 3.58. The van der Waals surface area contributed by atoms with Gasteiger partial charge in [-0.25, -0.2) is 4.98 Å². The van der Waals surface area contributed by atoms with Gasteiger partial charge in [-0.2, -0.15) is 0 Å². The van der Waals surface area contributed by atoms with Crippen LogP contribution in [0.4, 0.5) is 0 Å². The summed E-state index contributed by atoms with van der Waals surface area (Å²) in [6.45, 7) is 1.95. The Kier molecular flexibility index (Phi) is 3.56. The van der Waals surface area contributed by atoms with E-state index < -0.39 is 0 Å². The van der Waals surface area contributed by atoms with Gasteiger partial charge in [-0.1, -0.05) is 0 Å². The molecule has 1 aromatic rings. The minimum absolute atomic E-state index is 0.0430. The molecule has 1 aliphatic carbocycles. The predicted molar refractivity (Wildman–Crippen MR) is 64.5 cm³/mol. The Hall–Kier alpha value is -0.940. The second-order valence-corrected chi connectivity index (χ2v) is 5.60. The van der Waals surface area contributed by atoms with Crippen LogP contribution in [-0.4, -0.2) is 23.0 Å². The molecule has 5 heteroatoms. The predicted octanol–water partition coefficient (Wildman–Crippen LogP) is 1.45. The first-order valence-corrected chi connectivity index (χ1v) is 6.45. The van der Waals surface area contributed by atoms with Crippen molar-refractivity contribution in [3.8, 4) is 0 Å². The first-order valence-electron chi connectivity index (χ1n) is 5.64. The van der Waals surface area contributed by atoms with Crippen molar-refractivity contribution in [3.63, 3.8) is 0 Å². The fraction of sp³-hybridized carbons (Fsp3) is 0.636. The number of aromatic nitrogens is 1. The first kappa shape index (κ1) is 11.5. The molecule has 1 aromatic heterocycles. The van der Waals surface area contributed by atoms with Crippen LogP contribution >= 0.6 is 11.3 Å². The fourth-order valence-electron chi connectivity index (χ4n) is 1.97. The monoisotopic (exact) mass is 239 g/mol. The molecule has 0 aliphatic heterocycles. The molecule has 0 unspecified atom stereocenters. The molecule has 0 saturated heterocycles. The molecular weight excluding hydrogens is 222 g/mol. The Morgan fingerprint density at radius 3 is 2.75 bits per heavy atom. The van der Waals surface area contributed by atoms with E-state index in [1.54, 1.807) is 6.20 Å². The molecule has 1 saturated carbocycles. The number of rotatable bonds is 2. The summed E-state index contributed by atoms with van der Waals surface area (Å²) in [6, 6.07) is 0.590. The van der Waals surface area contributed by atoms with Crippen LogP contribution in [0.3, 0.4) is 0 Å². The van der Waals surface area contributed by atoms with Gasteiger partial charge in [-0.15, -0.1) is 11.3 Å². The van der Waals surface area contributed by atoms with Crippen molar-refractivity contribution in [1.29, 1.82) is 0 Å². The Bertz CT molecular complexity index is 369. The van der Waals surface area contributed by atoms with E-state index in [-0.39, 0.29) is 11.9 Å². The zero-order valence-corrected chi connectivity index (χ0v) is 10.2. The van der Waals surface area contributed by atoms with E-state index in [1.165, 1.54) is 11.3 Å². The third-order valence-electron chi connectivity index (χ3n) is 2.92. The molecule has 2 rings (SSSR count). The highest BCUT2D eigenvalue weighted by Gasteiger charge is 2.21. The number of thiazole rings is 1. The molecule has 0 atom stereocenters. The van der Waals surface area contributed by atoms with Crippen LogP contribution in [0.1, 0.15) is 40.4 Å². The van der Waals surface area contributed by atoms with Gasteiger partial charge in [0.15, 0.2) is 5.01 Å². The summed E-state index contributed by atoms with van der Waals surface area (Å²) >= 11 is 1.44. The van der Waals surface area contributed by atoms with Crippen molar-refractivity contribution in [3.05, 3.63) is 16.1 Å². The zero-order chi connectivity index (χ0) is 11.5. The molecular formula is C11H17N3OS. The van der Waals surface area contributed by atoms with E-state index in [1.807, 2.05) is 6.92 Å². The maximum Gasteiger partial charge on any atom is 0.280 e. The van der Waals surface area contributed by atoms with Crippen LogP contribution in [0, 0.1) is 6.92 Å². The average molecular weight is 239 g/mol. The van der Waals surface area contributed by atoms with Gasteiger partial charge in [0.1, 0.15) is 0 Å². The molecule has 0 aromatic carbocycles. The summed E-state index contributed by atoms with van der Waals surface area (Å²) in [6.07, 6.45) is 5.70. The van der Waals surface area contributed by atoms with Gasteiger partial charge in [0.05, 0.1) is 0 Å². The summed E-state index contributed by atoms with van der Waals surface area (Å²) in [5.41, 5.74) is 5.82. The normalized spacial score (nSPS) is 25.4. The maximum absolute atomic E-state index is 11.8. The summed E-state index contributed by atoms with van der Waals surface area (Å²) < 4.78 is 0. The Morgan fingerprint density at radius 1 is 1.50 bits per heavy atom. The Labute approximate surface area is 99.3 Å². The third kappa shape index (κ3) is 2.80. The zero-order valence-electron chi connectivity index (χ0n) is 9.40. The summed E-state index contributed by atoms with van der Waals surface area (Å²) in [7, 11) is 0. The lowest BCUT2D eigenvalue weighted by Gasteiger charge is -2.26. The van der Waals surface area contributed by atoms with E-state index in [0.717, 1.165) is 30.6 Å². The van der Waals surface area contributed by atoms with Crippen LogP contribution in [0.5, 0.6) is 0 Å². The highest BCUT2D eigenvalue weighted by atomic mass is 32.1. The van der Waals surface area contributed by atoms with Crippen LogP contribution in [-0.2, 0) is 0 Å². The van der Waals surface area contributed by atoms with Crippen molar-refractivity contribution < 1.29 is 4.79 Å². The number of aryl methyl sites for hydroxylation is 1. The molecule has 0 spiro atoms. The molecule has 1 heterocycles. The van der Waals surface area contributed by atoms with E-state index in [2.05, 4.69) is 10.3 Å².